The van der Waals surface area contributed by atoms with Crippen molar-refractivity contribution in [2.24, 2.45) is 0 Å². The summed E-state index contributed by atoms with van der Waals surface area (Å²) in [5.74, 6) is 0. The molecule has 1 spiro atoms. The van der Waals surface area contributed by atoms with Crippen molar-refractivity contribution in [1.29, 1.82) is 0 Å². The van der Waals surface area contributed by atoms with E-state index in [4.69, 9.17) is 19.9 Å². The lowest BCUT2D eigenvalue weighted by atomic mass is 9.70. The second-order valence-corrected chi connectivity index (χ2v) is 14.2. The van der Waals surface area contributed by atoms with Crippen molar-refractivity contribution < 1.29 is 0 Å². The summed E-state index contributed by atoms with van der Waals surface area (Å²) in [5, 5.41) is 4.35. The lowest BCUT2D eigenvalue weighted by Crippen LogP contribution is -2.26. The molecule has 4 nitrogen and oxygen atoms in total. The third-order valence-corrected chi connectivity index (χ3v) is 11.5. The van der Waals surface area contributed by atoms with Crippen LogP contribution in [0.4, 0.5) is 0 Å². The van der Waals surface area contributed by atoms with Crippen molar-refractivity contribution in [2.45, 2.75) is 12.8 Å². The molecule has 0 fully saturated rings. The van der Waals surface area contributed by atoms with Crippen LogP contribution < -0.4 is 0 Å². The predicted molar refractivity (Wildman–Crippen MR) is 222 cm³/mol. The molecule has 0 unspecified atom stereocenters. The van der Waals surface area contributed by atoms with Gasteiger partial charge in [0.15, 0.2) is 0 Å². The largest absolute Gasteiger partial charge is 0.254 e. The van der Waals surface area contributed by atoms with Gasteiger partial charge in [-0.3, -0.25) is 9.97 Å². The maximum absolute atomic E-state index is 5.28. The maximum atomic E-state index is 5.28. The van der Waals surface area contributed by atoms with E-state index in [2.05, 4.69) is 146 Å². The molecule has 0 bridgehead atoms. The van der Waals surface area contributed by atoms with Crippen LogP contribution in [0, 0.1) is 0 Å². The third-order valence-electron chi connectivity index (χ3n) is 11.5. The van der Waals surface area contributed by atoms with Gasteiger partial charge >= 0.3 is 0 Å². The van der Waals surface area contributed by atoms with Crippen LogP contribution >= 0.6 is 0 Å². The van der Waals surface area contributed by atoms with Crippen molar-refractivity contribution in [3.63, 3.8) is 0 Å². The number of fused-ring (bicyclic) bond motifs is 16. The van der Waals surface area contributed by atoms with E-state index in [1.54, 1.807) is 0 Å². The van der Waals surface area contributed by atoms with Crippen LogP contribution in [0.5, 0.6) is 0 Å². The number of aromatic nitrogens is 4. The van der Waals surface area contributed by atoms with E-state index in [1.807, 2.05) is 24.5 Å². The quantitative estimate of drug-likeness (QED) is 0.170. The molecule has 12 rings (SSSR count). The Balaban J connectivity index is 0.00000341. The fourth-order valence-electron chi connectivity index (χ4n) is 9.23. The highest BCUT2D eigenvalue weighted by Crippen LogP contribution is 2.63. The van der Waals surface area contributed by atoms with Gasteiger partial charge in [-0.25, -0.2) is 9.97 Å². The summed E-state index contributed by atoms with van der Waals surface area (Å²) < 4.78 is 0. The molecule has 2 aliphatic rings. The zero-order chi connectivity index (χ0) is 34.7. The van der Waals surface area contributed by atoms with E-state index in [0.29, 0.717) is 0 Å². The minimum atomic E-state index is -0.514. The first-order valence-electron chi connectivity index (χ1n) is 18.0. The van der Waals surface area contributed by atoms with E-state index < -0.39 is 5.41 Å². The van der Waals surface area contributed by atoms with Crippen LogP contribution in [0.2, 0.25) is 0 Å². The summed E-state index contributed by atoms with van der Waals surface area (Å²) in [5.41, 5.74) is 17.4. The molecule has 4 heteroatoms. The highest BCUT2D eigenvalue weighted by atomic mass is 14.8. The minimum absolute atomic E-state index is 0. The maximum Gasteiger partial charge on any atom is 0.0972 e. The Morgan fingerprint density at radius 1 is 0.333 bits per heavy atom. The second kappa shape index (κ2) is 11.2. The lowest BCUT2D eigenvalue weighted by molar-refractivity contribution is 0.794. The zero-order valence-electron chi connectivity index (χ0n) is 28.5. The van der Waals surface area contributed by atoms with Crippen molar-refractivity contribution in [2.75, 3.05) is 0 Å². The van der Waals surface area contributed by atoms with Gasteiger partial charge in [0.2, 0.25) is 0 Å². The monoisotopic (exact) mass is 688 g/mol. The van der Waals surface area contributed by atoms with Crippen LogP contribution in [0.25, 0.3) is 88.4 Å². The molecule has 2 aliphatic carbocycles. The van der Waals surface area contributed by atoms with E-state index >= 15 is 0 Å². The molecule has 4 heterocycles. The van der Waals surface area contributed by atoms with Gasteiger partial charge in [0.25, 0.3) is 0 Å². The Labute approximate surface area is 312 Å². The zero-order valence-corrected chi connectivity index (χ0v) is 28.5. The number of pyridine rings is 4. The van der Waals surface area contributed by atoms with E-state index in [9.17, 15) is 0 Å². The van der Waals surface area contributed by atoms with Crippen LogP contribution in [0.15, 0.2) is 170 Å². The van der Waals surface area contributed by atoms with E-state index in [-0.39, 0.29) is 7.43 Å². The highest BCUT2D eigenvalue weighted by molar-refractivity contribution is 6.05. The van der Waals surface area contributed by atoms with Gasteiger partial charge in [0.1, 0.15) is 0 Å². The molecule has 0 N–H and O–H groups in total. The molecule has 0 atom stereocenters. The first-order valence-corrected chi connectivity index (χ1v) is 18.0. The summed E-state index contributed by atoms with van der Waals surface area (Å²) in [6.45, 7) is 0. The van der Waals surface area contributed by atoms with Crippen LogP contribution in [-0.2, 0) is 5.41 Å². The second-order valence-electron chi connectivity index (χ2n) is 14.2. The average molecular weight is 689 g/mol. The molecule has 252 valence electrons. The van der Waals surface area contributed by atoms with E-state index in [0.717, 1.165) is 66.1 Å². The van der Waals surface area contributed by atoms with Crippen LogP contribution in [-0.4, -0.2) is 19.9 Å². The predicted octanol–water partition coefficient (Wildman–Crippen LogP) is 12.2. The summed E-state index contributed by atoms with van der Waals surface area (Å²) in [4.78, 5) is 20.0. The Bertz CT molecular complexity index is 2980. The summed E-state index contributed by atoms with van der Waals surface area (Å²) in [6, 6.07) is 57.1. The Kier molecular flexibility index (Phi) is 6.36. The van der Waals surface area contributed by atoms with Crippen LogP contribution in [0.3, 0.4) is 0 Å². The van der Waals surface area contributed by atoms with Gasteiger partial charge in [-0.1, -0.05) is 129 Å². The van der Waals surface area contributed by atoms with Gasteiger partial charge in [0, 0.05) is 45.1 Å². The normalized spacial score (nSPS) is 13.2. The molecule has 0 radical (unpaired) electrons. The first kappa shape index (κ1) is 30.6. The molecule has 6 aromatic carbocycles. The molecule has 0 aliphatic heterocycles. The minimum Gasteiger partial charge on any atom is -0.254 e. The molecule has 0 saturated heterocycles. The fourth-order valence-corrected chi connectivity index (χ4v) is 9.23. The smallest absolute Gasteiger partial charge is 0.0972 e. The molecular weight excluding hydrogens is 657 g/mol. The average Bonchev–Trinajstić information content (AvgIpc) is 3.70. The fraction of sp³-hybridized carbons (Fsp3) is 0.0400. The summed E-state index contributed by atoms with van der Waals surface area (Å²) in [7, 11) is 0. The van der Waals surface area contributed by atoms with Crippen molar-refractivity contribution >= 4 is 43.6 Å². The highest BCUT2D eigenvalue weighted by Gasteiger charge is 2.51. The van der Waals surface area contributed by atoms with Gasteiger partial charge < -0.3 is 0 Å². The number of rotatable bonds is 2. The summed E-state index contributed by atoms with van der Waals surface area (Å²) in [6.07, 6.45) is 3.70. The molecular formula is C50H32N4. The number of hydrogen-bond donors (Lipinski definition) is 0. The third kappa shape index (κ3) is 4.02. The van der Waals surface area contributed by atoms with Crippen molar-refractivity contribution in [1.82, 2.24) is 19.9 Å². The van der Waals surface area contributed by atoms with E-state index in [1.165, 1.54) is 44.5 Å². The van der Waals surface area contributed by atoms with Gasteiger partial charge in [-0.05, 0) is 80.9 Å². The number of benzene rings is 6. The Morgan fingerprint density at radius 2 is 0.741 bits per heavy atom. The SMILES string of the molecule is C.c1ccc2c(c1)-c1ccc(-c3ccc4ccc5cccnc5c4n3)cc1C21c2ccccc2-c2ccc(-c3ccc4ccc5cccnc5c4n3)cc21. The van der Waals surface area contributed by atoms with Gasteiger partial charge in [0.05, 0.1) is 38.9 Å². The standard InChI is InChI=1S/C49H28N4.CH4/c1-3-11-39-35(9-1)37-21-17-33(43-23-19-31-15-13-29-7-5-25-50-45(29)47(31)52-43)27-41(37)49(39)40-12-4-2-10-36(40)38-22-18-34(28-42(38)49)44-24-20-32-16-14-30-8-6-26-51-46(30)48(32)53-44;/h1-28H;1H4. The Hall–Kier alpha value is -7.04. The van der Waals surface area contributed by atoms with Crippen molar-refractivity contribution in [3.05, 3.63) is 192 Å². The molecule has 0 amide bonds. The summed E-state index contributed by atoms with van der Waals surface area (Å²) >= 11 is 0. The molecule has 10 aromatic rings. The lowest BCUT2D eigenvalue weighted by Gasteiger charge is -2.31. The Morgan fingerprint density at radius 3 is 1.22 bits per heavy atom. The van der Waals surface area contributed by atoms with Crippen molar-refractivity contribution in [3.8, 4) is 44.8 Å². The molecule has 54 heavy (non-hydrogen) atoms. The first-order chi connectivity index (χ1) is 26.3. The van der Waals surface area contributed by atoms with Gasteiger partial charge in [-0.15, -0.1) is 0 Å². The molecule has 4 aromatic heterocycles. The topological polar surface area (TPSA) is 51.6 Å². The van der Waals surface area contributed by atoms with Gasteiger partial charge in [-0.2, -0.15) is 0 Å². The molecule has 0 saturated carbocycles. The number of hydrogen-bond acceptors (Lipinski definition) is 4. The number of nitrogens with zero attached hydrogens (tertiary/aromatic N) is 4. The van der Waals surface area contributed by atoms with Crippen LogP contribution in [0.1, 0.15) is 29.7 Å².